The van der Waals surface area contributed by atoms with Gasteiger partial charge in [-0.15, -0.1) is 0 Å². The van der Waals surface area contributed by atoms with E-state index in [4.69, 9.17) is 15.2 Å². The zero-order valence-corrected chi connectivity index (χ0v) is 16.2. The first-order valence-electron chi connectivity index (χ1n) is 10.1. The Kier molecular flexibility index (Phi) is 5.53. The summed E-state index contributed by atoms with van der Waals surface area (Å²) in [5.41, 5.74) is 8.86. The molecule has 2 atom stereocenters. The lowest BCUT2D eigenvalue weighted by Gasteiger charge is -2.44. The molecule has 0 saturated carbocycles. The molecule has 0 bridgehead atoms. The van der Waals surface area contributed by atoms with Crippen molar-refractivity contribution in [3.8, 4) is 22.6 Å². The van der Waals surface area contributed by atoms with E-state index in [1.165, 1.54) is 45.2 Å². The zero-order valence-electron chi connectivity index (χ0n) is 16.2. The quantitative estimate of drug-likeness (QED) is 0.787. The average molecular weight is 367 g/mol. The lowest BCUT2D eigenvalue weighted by atomic mass is 9.84. The molecule has 4 nitrogen and oxygen atoms in total. The van der Waals surface area contributed by atoms with Crippen molar-refractivity contribution in [1.82, 2.24) is 4.90 Å². The molecule has 144 valence electrons. The second-order valence-corrected chi connectivity index (χ2v) is 7.84. The number of nitrogens with zero attached hydrogens (tertiary/aromatic N) is 1. The first-order valence-corrected chi connectivity index (χ1v) is 10.1. The Morgan fingerprint density at radius 3 is 2.67 bits per heavy atom. The standard InChI is InChI=1S/C23H30N2O2/c1-26-21-13-19(17-6-4-8-20(24)12-17)14-22(15-21)27-16-18-7-5-11-25-10-3-2-9-23(18)25/h4,6,8,12-15,18,23H,2-3,5,7,9-11,16,24H2,1H3/t18-,23+/m0/s1. The van der Waals surface area contributed by atoms with Crippen molar-refractivity contribution in [2.24, 2.45) is 5.92 Å². The van der Waals surface area contributed by atoms with Crippen molar-refractivity contribution in [1.29, 1.82) is 0 Å². The summed E-state index contributed by atoms with van der Waals surface area (Å²) < 4.78 is 11.8. The number of hydrogen-bond donors (Lipinski definition) is 1. The maximum atomic E-state index is 6.29. The van der Waals surface area contributed by atoms with Gasteiger partial charge in [0.2, 0.25) is 0 Å². The third-order valence-corrected chi connectivity index (χ3v) is 6.03. The Bertz CT molecular complexity index is 775. The Morgan fingerprint density at radius 2 is 1.81 bits per heavy atom. The predicted molar refractivity (Wildman–Crippen MR) is 110 cm³/mol. The van der Waals surface area contributed by atoms with Crippen LogP contribution >= 0.6 is 0 Å². The lowest BCUT2D eigenvalue weighted by Crippen LogP contribution is -2.49. The van der Waals surface area contributed by atoms with Gasteiger partial charge in [-0.2, -0.15) is 0 Å². The van der Waals surface area contributed by atoms with E-state index in [1.54, 1.807) is 7.11 Å². The predicted octanol–water partition coefficient (Wildman–Crippen LogP) is 4.59. The summed E-state index contributed by atoms with van der Waals surface area (Å²) in [5, 5.41) is 0. The van der Waals surface area contributed by atoms with Crippen LogP contribution < -0.4 is 15.2 Å². The highest BCUT2D eigenvalue weighted by Crippen LogP contribution is 2.34. The number of methoxy groups -OCH3 is 1. The fourth-order valence-electron chi connectivity index (χ4n) is 4.63. The third-order valence-electron chi connectivity index (χ3n) is 6.03. The topological polar surface area (TPSA) is 47.7 Å². The molecule has 2 aromatic rings. The summed E-state index contributed by atoms with van der Waals surface area (Å²) >= 11 is 0. The number of fused-ring (bicyclic) bond motifs is 1. The highest BCUT2D eigenvalue weighted by atomic mass is 16.5. The molecule has 4 heteroatoms. The maximum absolute atomic E-state index is 6.29. The fraction of sp³-hybridized carbons (Fsp3) is 0.478. The van der Waals surface area contributed by atoms with Gasteiger partial charge in [-0.05, 0) is 74.2 Å². The fourth-order valence-corrected chi connectivity index (χ4v) is 4.63. The van der Waals surface area contributed by atoms with Gasteiger partial charge < -0.3 is 15.2 Å². The number of nitrogen functional groups attached to an aromatic ring is 1. The molecular weight excluding hydrogens is 336 g/mol. The van der Waals surface area contributed by atoms with Crippen LogP contribution in [0.3, 0.4) is 0 Å². The molecule has 2 aliphatic heterocycles. The summed E-state index contributed by atoms with van der Waals surface area (Å²) in [6.07, 6.45) is 6.59. The minimum absolute atomic E-state index is 0.626. The van der Waals surface area contributed by atoms with E-state index in [1.807, 2.05) is 30.3 Å². The minimum Gasteiger partial charge on any atom is -0.497 e. The van der Waals surface area contributed by atoms with Crippen LogP contribution in [-0.2, 0) is 0 Å². The second kappa shape index (κ2) is 8.22. The first kappa shape index (κ1) is 18.2. The molecule has 0 spiro atoms. The molecule has 0 radical (unpaired) electrons. The summed E-state index contributed by atoms with van der Waals surface area (Å²) in [5.74, 6) is 2.31. The van der Waals surface area contributed by atoms with Gasteiger partial charge in [0.1, 0.15) is 11.5 Å². The molecule has 27 heavy (non-hydrogen) atoms. The van der Waals surface area contributed by atoms with Gasteiger partial charge in [0.15, 0.2) is 0 Å². The van der Waals surface area contributed by atoms with E-state index < -0.39 is 0 Å². The van der Waals surface area contributed by atoms with Crippen LogP contribution in [0, 0.1) is 5.92 Å². The summed E-state index contributed by atoms with van der Waals surface area (Å²) in [6, 6.07) is 14.7. The van der Waals surface area contributed by atoms with Crippen molar-refractivity contribution in [3.05, 3.63) is 42.5 Å². The molecule has 2 saturated heterocycles. The van der Waals surface area contributed by atoms with Crippen molar-refractivity contribution in [3.63, 3.8) is 0 Å². The van der Waals surface area contributed by atoms with E-state index >= 15 is 0 Å². The molecule has 2 aliphatic rings. The molecule has 0 aromatic heterocycles. The lowest BCUT2D eigenvalue weighted by molar-refractivity contribution is 0.0366. The van der Waals surface area contributed by atoms with Gasteiger partial charge in [0.25, 0.3) is 0 Å². The highest BCUT2D eigenvalue weighted by Gasteiger charge is 2.33. The molecule has 4 rings (SSSR count). The van der Waals surface area contributed by atoms with E-state index in [2.05, 4.69) is 17.0 Å². The normalized spacial score (nSPS) is 22.9. The van der Waals surface area contributed by atoms with Gasteiger partial charge in [0.05, 0.1) is 13.7 Å². The second-order valence-electron chi connectivity index (χ2n) is 7.84. The van der Waals surface area contributed by atoms with Crippen LogP contribution in [-0.4, -0.2) is 37.7 Å². The number of anilines is 1. The van der Waals surface area contributed by atoms with Crippen LogP contribution in [0.4, 0.5) is 5.69 Å². The summed E-state index contributed by atoms with van der Waals surface area (Å²) in [6.45, 7) is 3.31. The third kappa shape index (κ3) is 4.22. The molecule has 0 aliphatic carbocycles. The van der Waals surface area contributed by atoms with Crippen LogP contribution in [0.5, 0.6) is 11.5 Å². The van der Waals surface area contributed by atoms with E-state index in [0.717, 1.165) is 34.9 Å². The van der Waals surface area contributed by atoms with Gasteiger partial charge in [0, 0.05) is 23.7 Å². The minimum atomic E-state index is 0.626. The Hall–Kier alpha value is -2.20. The van der Waals surface area contributed by atoms with Crippen LogP contribution in [0.1, 0.15) is 32.1 Å². The van der Waals surface area contributed by atoms with Crippen LogP contribution in [0.2, 0.25) is 0 Å². The molecule has 2 fully saturated rings. The van der Waals surface area contributed by atoms with E-state index in [9.17, 15) is 0 Å². The number of hydrogen-bond acceptors (Lipinski definition) is 4. The van der Waals surface area contributed by atoms with Crippen LogP contribution in [0.25, 0.3) is 11.1 Å². The van der Waals surface area contributed by atoms with Gasteiger partial charge >= 0.3 is 0 Å². The van der Waals surface area contributed by atoms with Crippen molar-refractivity contribution in [2.45, 2.75) is 38.1 Å². The Balaban J connectivity index is 1.50. The van der Waals surface area contributed by atoms with Crippen LogP contribution in [0.15, 0.2) is 42.5 Å². The van der Waals surface area contributed by atoms with Gasteiger partial charge in [-0.1, -0.05) is 18.6 Å². The number of piperidine rings is 2. The average Bonchev–Trinajstić information content (AvgIpc) is 2.72. The van der Waals surface area contributed by atoms with E-state index in [0.29, 0.717) is 12.0 Å². The summed E-state index contributed by atoms with van der Waals surface area (Å²) in [4.78, 5) is 2.69. The van der Waals surface area contributed by atoms with Crippen molar-refractivity contribution < 1.29 is 9.47 Å². The number of rotatable bonds is 5. The van der Waals surface area contributed by atoms with Gasteiger partial charge in [-0.3, -0.25) is 4.90 Å². The summed E-state index contributed by atoms with van der Waals surface area (Å²) in [7, 11) is 1.70. The first-order chi connectivity index (χ1) is 13.2. The van der Waals surface area contributed by atoms with Crippen molar-refractivity contribution >= 4 is 5.69 Å². The molecule has 0 amide bonds. The smallest absolute Gasteiger partial charge is 0.123 e. The Morgan fingerprint density at radius 1 is 0.963 bits per heavy atom. The number of ether oxygens (including phenoxy) is 2. The van der Waals surface area contributed by atoms with Crippen molar-refractivity contribution in [2.75, 3.05) is 32.5 Å². The molecule has 2 N–H and O–H groups in total. The molecular formula is C23H30N2O2. The monoisotopic (exact) mass is 366 g/mol. The van der Waals surface area contributed by atoms with Gasteiger partial charge in [-0.25, -0.2) is 0 Å². The molecule has 2 heterocycles. The number of nitrogens with two attached hydrogens (primary N) is 1. The largest absolute Gasteiger partial charge is 0.497 e. The number of benzene rings is 2. The molecule has 2 aromatic carbocycles. The molecule has 0 unspecified atom stereocenters. The Labute approximate surface area is 162 Å². The maximum Gasteiger partial charge on any atom is 0.123 e. The SMILES string of the molecule is COc1cc(OC[C@@H]2CCCN3CCCC[C@H]23)cc(-c2cccc(N)c2)c1. The highest BCUT2D eigenvalue weighted by molar-refractivity contribution is 5.70. The zero-order chi connectivity index (χ0) is 18.6. The van der Waals surface area contributed by atoms with E-state index in [-0.39, 0.29) is 0 Å².